The van der Waals surface area contributed by atoms with Crippen molar-refractivity contribution in [3.05, 3.63) is 35.7 Å². The molecule has 5 heteroatoms. The van der Waals surface area contributed by atoms with Gasteiger partial charge in [0.1, 0.15) is 0 Å². The molecule has 0 saturated heterocycles. The van der Waals surface area contributed by atoms with Crippen molar-refractivity contribution in [3.8, 4) is 11.5 Å². The van der Waals surface area contributed by atoms with E-state index in [0.717, 1.165) is 5.56 Å². The number of esters is 1. The minimum atomic E-state index is -0.367. The second-order valence-electron chi connectivity index (χ2n) is 3.22. The summed E-state index contributed by atoms with van der Waals surface area (Å²) in [4.78, 5) is 15.3. The van der Waals surface area contributed by atoms with Crippen molar-refractivity contribution in [1.29, 1.82) is 0 Å². The molecule has 0 aliphatic rings. The van der Waals surface area contributed by atoms with Crippen LogP contribution in [0.4, 0.5) is 0 Å². The molecule has 0 N–H and O–H groups in total. The molecule has 1 aromatic carbocycles. The van der Waals surface area contributed by atoms with Gasteiger partial charge in [-0.2, -0.15) is 4.98 Å². The highest BCUT2D eigenvalue weighted by molar-refractivity contribution is 5.89. The minimum absolute atomic E-state index is 0.367. The maximum atomic E-state index is 11.2. The lowest BCUT2D eigenvalue weighted by molar-refractivity contribution is 0.0601. The van der Waals surface area contributed by atoms with Crippen LogP contribution in [0.1, 0.15) is 16.2 Å². The molecule has 0 amide bonds. The zero-order chi connectivity index (χ0) is 11.5. The summed E-state index contributed by atoms with van der Waals surface area (Å²) in [6, 6.07) is 6.78. The summed E-state index contributed by atoms with van der Waals surface area (Å²) in [6.07, 6.45) is 0. The molecule has 2 aromatic rings. The molecule has 2 rings (SSSR count). The lowest BCUT2D eigenvalue weighted by Gasteiger charge is -1.99. The van der Waals surface area contributed by atoms with Gasteiger partial charge in [0.05, 0.1) is 12.7 Å². The molecule has 0 unspecified atom stereocenters. The first-order valence-corrected chi connectivity index (χ1v) is 4.70. The van der Waals surface area contributed by atoms with Gasteiger partial charge >= 0.3 is 5.97 Å². The first kappa shape index (κ1) is 10.4. The number of hydrogen-bond acceptors (Lipinski definition) is 5. The van der Waals surface area contributed by atoms with Gasteiger partial charge < -0.3 is 9.26 Å². The Bertz CT molecular complexity index is 502. The zero-order valence-electron chi connectivity index (χ0n) is 8.93. The van der Waals surface area contributed by atoms with E-state index in [2.05, 4.69) is 14.9 Å². The molecule has 1 aromatic heterocycles. The highest BCUT2D eigenvalue weighted by atomic mass is 16.5. The van der Waals surface area contributed by atoms with Crippen molar-refractivity contribution in [2.45, 2.75) is 6.92 Å². The van der Waals surface area contributed by atoms with Crippen LogP contribution in [0.2, 0.25) is 0 Å². The van der Waals surface area contributed by atoms with Gasteiger partial charge in [-0.15, -0.1) is 0 Å². The number of ether oxygens (including phenoxy) is 1. The Morgan fingerprint density at radius 3 is 2.50 bits per heavy atom. The highest BCUT2D eigenvalue weighted by Gasteiger charge is 2.08. The van der Waals surface area contributed by atoms with Crippen LogP contribution < -0.4 is 0 Å². The zero-order valence-corrected chi connectivity index (χ0v) is 8.93. The van der Waals surface area contributed by atoms with E-state index in [4.69, 9.17) is 4.52 Å². The smallest absolute Gasteiger partial charge is 0.337 e. The van der Waals surface area contributed by atoms with E-state index in [9.17, 15) is 4.79 Å². The van der Waals surface area contributed by atoms with Crippen LogP contribution in [-0.4, -0.2) is 23.2 Å². The van der Waals surface area contributed by atoms with Crippen LogP contribution in [0.25, 0.3) is 11.5 Å². The Balaban J connectivity index is 2.29. The van der Waals surface area contributed by atoms with E-state index in [0.29, 0.717) is 17.3 Å². The van der Waals surface area contributed by atoms with Crippen molar-refractivity contribution in [3.63, 3.8) is 0 Å². The van der Waals surface area contributed by atoms with Crippen molar-refractivity contribution in [1.82, 2.24) is 10.1 Å². The summed E-state index contributed by atoms with van der Waals surface area (Å²) in [5.74, 6) is 0.647. The average Bonchev–Trinajstić information content (AvgIpc) is 2.75. The molecule has 16 heavy (non-hydrogen) atoms. The monoisotopic (exact) mass is 218 g/mol. The SMILES string of the molecule is COC(=O)c1ccc(-c2nc(C)no2)cc1. The van der Waals surface area contributed by atoms with Gasteiger partial charge in [0.2, 0.25) is 0 Å². The van der Waals surface area contributed by atoms with E-state index in [1.54, 1.807) is 31.2 Å². The predicted octanol–water partition coefficient (Wildman–Crippen LogP) is 1.83. The second-order valence-corrected chi connectivity index (χ2v) is 3.22. The number of aromatic nitrogens is 2. The molecule has 0 aliphatic carbocycles. The number of rotatable bonds is 2. The minimum Gasteiger partial charge on any atom is -0.465 e. The third-order valence-corrected chi connectivity index (χ3v) is 2.08. The normalized spacial score (nSPS) is 10.1. The number of methoxy groups -OCH3 is 1. The molecule has 5 nitrogen and oxygen atoms in total. The maximum Gasteiger partial charge on any atom is 0.337 e. The van der Waals surface area contributed by atoms with Crippen LogP contribution >= 0.6 is 0 Å². The molecule has 0 aliphatic heterocycles. The van der Waals surface area contributed by atoms with Crippen LogP contribution in [-0.2, 0) is 4.74 Å². The van der Waals surface area contributed by atoms with E-state index in [-0.39, 0.29) is 5.97 Å². The summed E-state index contributed by atoms with van der Waals surface area (Å²) in [5, 5.41) is 3.69. The lowest BCUT2D eigenvalue weighted by Crippen LogP contribution is -2.00. The Hall–Kier alpha value is -2.17. The van der Waals surface area contributed by atoms with Gasteiger partial charge in [-0.1, -0.05) is 5.16 Å². The molecule has 82 valence electrons. The number of carbonyl (C=O) groups is 1. The molecular weight excluding hydrogens is 208 g/mol. The Kier molecular flexibility index (Phi) is 2.68. The number of benzene rings is 1. The van der Waals surface area contributed by atoms with Gasteiger partial charge in [-0.05, 0) is 31.2 Å². The van der Waals surface area contributed by atoms with Crippen molar-refractivity contribution < 1.29 is 14.1 Å². The van der Waals surface area contributed by atoms with Crippen LogP contribution in [0, 0.1) is 6.92 Å². The molecule has 0 radical (unpaired) electrons. The summed E-state index contributed by atoms with van der Waals surface area (Å²) in [7, 11) is 1.34. The summed E-state index contributed by atoms with van der Waals surface area (Å²) < 4.78 is 9.60. The fourth-order valence-electron chi connectivity index (χ4n) is 1.28. The third-order valence-electron chi connectivity index (χ3n) is 2.08. The third kappa shape index (κ3) is 1.93. The number of aryl methyl sites for hydroxylation is 1. The van der Waals surface area contributed by atoms with Crippen molar-refractivity contribution in [2.75, 3.05) is 7.11 Å². The first-order chi connectivity index (χ1) is 7.70. The van der Waals surface area contributed by atoms with Gasteiger partial charge in [-0.25, -0.2) is 4.79 Å². The van der Waals surface area contributed by atoms with Gasteiger partial charge in [-0.3, -0.25) is 0 Å². The predicted molar refractivity (Wildman–Crippen MR) is 55.8 cm³/mol. The van der Waals surface area contributed by atoms with E-state index < -0.39 is 0 Å². The van der Waals surface area contributed by atoms with Crippen LogP contribution in [0.3, 0.4) is 0 Å². The Labute approximate surface area is 92.0 Å². The summed E-state index contributed by atoms with van der Waals surface area (Å²) >= 11 is 0. The quantitative estimate of drug-likeness (QED) is 0.719. The Morgan fingerprint density at radius 1 is 1.31 bits per heavy atom. The molecule has 0 atom stereocenters. The van der Waals surface area contributed by atoms with Gasteiger partial charge in [0, 0.05) is 5.56 Å². The Morgan fingerprint density at radius 2 is 2.00 bits per heavy atom. The molecule has 0 spiro atoms. The lowest BCUT2D eigenvalue weighted by atomic mass is 10.1. The fourth-order valence-corrected chi connectivity index (χ4v) is 1.28. The summed E-state index contributed by atoms with van der Waals surface area (Å²) in [6.45, 7) is 1.75. The van der Waals surface area contributed by atoms with Crippen LogP contribution in [0.15, 0.2) is 28.8 Å². The number of hydrogen-bond donors (Lipinski definition) is 0. The van der Waals surface area contributed by atoms with Crippen molar-refractivity contribution in [2.24, 2.45) is 0 Å². The largest absolute Gasteiger partial charge is 0.465 e. The number of nitrogens with zero attached hydrogens (tertiary/aromatic N) is 2. The van der Waals surface area contributed by atoms with Gasteiger partial charge in [0.15, 0.2) is 5.82 Å². The van der Waals surface area contributed by atoms with E-state index in [1.165, 1.54) is 7.11 Å². The topological polar surface area (TPSA) is 65.2 Å². The molecule has 0 fully saturated rings. The molecule has 0 bridgehead atoms. The molecule has 1 heterocycles. The maximum absolute atomic E-state index is 11.2. The fraction of sp³-hybridized carbons (Fsp3) is 0.182. The first-order valence-electron chi connectivity index (χ1n) is 4.70. The van der Waals surface area contributed by atoms with Crippen LogP contribution in [0.5, 0.6) is 0 Å². The standard InChI is InChI=1S/C11H10N2O3/c1-7-12-10(16-13-7)8-3-5-9(6-4-8)11(14)15-2/h3-6H,1-2H3. The number of carbonyl (C=O) groups excluding carboxylic acids is 1. The van der Waals surface area contributed by atoms with E-state index in [1.807, 2.05) is 0 Å². The van der Waals surface area contributed by atoms with Gasteiger partial charge in [0.25, 0.3) is 5.89 Å². The molecule has 0 saturated carbocycles. The average molecular weight is 218 g/mol. The molecular formula is C11H10N2O3. The van der Waals surface area contributed by atoms with Crippen molar-refractivity contribution >= 4 is 5.97 Å². The highest BCUT2D eigenvalue weighted by Crippen LogP contribution is 2.17. The van der Waals surface area contributed by atoms with E-state index >= 15 is 0 Å². The summed E-state index contributed by atoms with van der Waals surface area (Å²) in [5.41, 5.74) is 1.26. The second kappa shape index (κ2) is 4.14.